The molecule has 16 heavy (non-hydrogen) atoms. The summed E-state index contributed by atoms with van der Waals surface area (Å²) in [6.45, 7) is 2.35. The maximum atomic E-state index is 11.3. The smallest absolute Gasteiger partial charge is 0.251 e. The first-order valence-corrected chi connectivity index (χ1v) is 5.42. The number of carbonyl (C=O) groups is 1. The molecule has 5 heteroatoms. The van der Waals surface area contributed by atoms with Gasteiger partial charge in [-0.15, -0.1) is 0 Å². The summed E-state index contributed by atoms with van der Waals surface area (Å²) < 4.78 is 4.90. The molecular formula is C11H11Cl2NO2. The summed E-state index contributed by atoms with van der Waals surface area (Å²) >= 11 is 11.6. The van der Waals surface area contributed by atoms with Crippen molar-refractivity contribution in [3.05, 3.63) is 40.6 Å². The number of rotatable bonds is 4. The molecule has 0 aliphatic heterocycles. The number of anilines is 1. The van der Waals surface area contributed by atoms with Gasteiger partial charge in [0, 0.05) is 21.8 Å². The van der Waals surface area contributed by atoms with Gasteiger partial charge >= 0.3 is 0 Å². The second kappa shape index (κ2) is 6.40. The van der Waals surface area contributed by atoms with Crippen molar-refractivity contribution < 1.29 is 9.53 Å². The first-order valence-electron chi connectivity index (χ1n) is 4.67. The van der Waals surface area contributed by atoms with Crippen LogP contribution < -0.4 is 5.32 Å². The quantitative estimate of drug-likeness (QED) is 0.664. The van der Waals surface area contributed by atoms with E-state index in [2.05, 4.69) is 5.32 Å². The zero-order chi connectivity index (χ0) is 12.0. The minimum atomic E-state index is -0.299. The maximum Gasteiger partial charge on any atom is 0.251 e. The zero-order valence-electron chi connectivity index (χ0n) is 8.67. The lowest BCUT2D eigenvalue weighted by molar-refractivity contribution is -0.112. The monoisotopic (exact) mass is 259 g/mol. The Labute approximate surface area is 104 Å². The fraction of sp³-hybridized carbons (Fsp3) is 0.182. The van der Waals surface area contributed by atoms with Gasteiger partial charge < -0.3 is 10.1 Å². The van der Waals surface area contributed by atoms with Crippen molar-refractivity contribution in [1.82, 2.24) is 0 Å². The van der Waals surface area contributed by atoms with Crippen LogP contribution in [0.5, 0.6) is 0 Å². The Bertz CT molecular complexity index is 385. The molecule has 0 saturated carbocycles. The molecule has 0 aliphatic carbocycles. The number of halogens is 2. The van der Waals surface area contributed by atoms with Gasteiger partial charge in [-0.25, -0.2) is 0 Å². The van der Waals surface area contributed by atoms with Crippen LogP contribution in [0.2, 0.25) is 10.0 Å². The van der Waals surface area contributed by atoms with Crippen LogP contribution in [0.1, 0.15) is 6.92 Å². The molecule has 0 bridgehead atoms. The number of ether oxygens (including phenoxy) is 1. The fourth-order valence-electron chi connectivity index (χ4n) is 1.02. The van der Waals surface area contributed by atoms with Crippen molar-refractivity contribution in [2.24, 2.45) is 0 Å². The van der Waals surface area contributed by atoms with Crippen LogP contribution in [0.25, 0.3) is 0 Å². The molecule has 1 aromatic carbocycles. The number of amides is 1. The number of hydrogen-bond acceptors (Lipinski definition) is 2. The third-order valence-electron chi connectivity index (χ3n) is 1.61. The van der Waals surface area contributed by atoms with Crippen molar-refractivity contribution in [3.63, 3.8) is 0 Å². The summed E-state index contributed by atoms with van der Waals surface area (Å²) in [5.74, 6) is -0.299. The van der Waals surface area contributed by atoms with Crippen LogP contribution in [0.3, 0.4) is 0 Å². The molecule has 0 aromatic heterocycles. The lowest BCUT2D eigenvalue weighted by Gasteiger charge is -2.03. The van der Waals surface area contributed by atoms with E-state index in [4.69, 9.17) is 27.9 Å². The molecule has 0 unspecified atom stereocenters. The Morgan fingerprint density at radius 3 is 2.56 bits per heavy atom. The third kappa shape index (κ3) is 4.55. The molecule has 86 valence electrons. The van der Waals surface area contributed by atoms with Gasteiger partial charge in [0.15, 0.2) is 0 Å². The van der Waals surface area contributed by atoms with E-state index in [1.165, 1.54) is 12.3 Å². The predicted octanol–water partition coefficient (Wildman–Crippen LogP) is 3.48. The van der Waals surface area contributed by atoms with Crippen LogP contribution in [-0.4, -0.2) is 12.5 Å². The summed E-state index contributed by atoms with van der Waals surface area (Å²) in [6, 6.07) is 4.81. The summed E-state index contributed by atoms with van der Waals surface area (Å²) in [5.41, 5.74) is 0.545. The van der Waals surface area contributed by atoms with Gasteiger partial charge in [-0.2, -0.15) is 0 Å². The Hall–Kier alpha value is -1.19. The Balaban J connectivity index is 2.62. The van der Waals surface area contributed by atoms with E-state index in [-0.39, 0.29) is 5.91 Å². The van der Waals surface area contributed by atoms with Crippen LogP contribution >= 0.6 is 23.2 Å². The largest absolute Gasteiger partial charge is 0.501 e. The highest BCUT2D eigenvalue weighted by molar-refractivity contribution is 6.35. The van der Waals surface area contributed by atoms with Gasteiger partial charge in [-0.3, -0.25) is 4.79 Å². The first kappa shape index (κ1) is 12.9. The molecule has 1 N–H and O–H groups in total. The van der Waals surface area contributed by atoms with Crippen molar-refractivity contribution in [1.29, 1.82) is 0 Å². The summed E-state index contributed by atoms with van der Waals surface area (Å²) in [7, 11) is 0. The van der Waals surface area contributed by atoms with Crippen LogP contribution in [0.4, 0.5) is 5.69 Å². The molecule has 0 saturated heterocycles. The van der Waals surface area contributed by atoms with E-state index in [9.17, 15) is 4.79 Å². The lowest BCUT2D eigenvalue weighted by Crippen LogP contribution is -2.07. The molecule has 0 heterocycles. The van der Waals surface area contributed by atoms with E-state index in [1.54, 1.807) is 18.2 Å². The summed E-state index contributed by atoms with van der Waals surface area (Å²) in [5, 5.41) is 3.55. The Morgan fingerprint density at radius 1 is 1.38 bits per heavy atom. The normalized spacial score (nSPS) is 10.4. The predicted molar refractivity (Wildman–Crippen MR) is 65.9 cm³/mol. The van der Waals surface area contributed by atoms with E-state index >= 15 is 0 Å². The van der Waals surface area contributed by atoms with Gasteiger partial charge in [-0.1, -0.05) is 23.2 Å². The molecule has 0 fully saturated rings. The minimum Gasteiger partial charge on any atom is -0.501 e. The Morgan fingerprint density at radius 2 is 2.00 bits per heavy atom. The van der Waals surface area contributed by atoms with E-state index in [1.807, 2.05) is 6.92 Å². The standard InChI is InChI=1S/C11H11Cl2NO2/c1-2-16-4-3-11(15)14-10-6-8(12)5-9(13)7-10/h3-7H,2H2,1H3,(H,14,15). The molecule has 0 radical (unpaired) electrons. The van der Waals surface area contributed by atoms with Crippen molar-refractivity contribution in [2.75, 3.05) is 11.9 Å². The molecule has 0 aliphatic rings. The molecular weight excluding hydrogens is 249 g/mol. The number of nitrogens with one attached hydrogen (secondary N) is 1. The third-order valence-corrected chi connectivity index (χ3v) is 2.05. The lowest BCUT2D eigenvalue weighted by atomic mass is 10.3. The average Bonchev–Trinajstić information content (AvgIpc) is 2.16. The SMILES string of the molecule is CCOC=CC(=O)Nc1cc(Cl)cc(Cl)c1. The topological polar surface area (TPSA) is 38.3 Å². The zero-order valence-corrected chi connectivity index (χ0v) is 10.2. The highest BCUT2D eigenvalue weighted by Crippen LogP contribution is 2.22. The van der Waals surface area contributed by atoms with Gasteiger partial charge in [0.25, 0.3) is 5.91 Å². The minimum absolute atomic E-state index is 0.299. The van der Waals surface area contributed by atoms with Crippen molar-refractivity contribution >= 4 is 34.8 Å². The molecule has 1 aromatic rings. The van der Waals surface area contributed by atoms with E-state index in [0.717, 1.165) is 0 Å². The van der Waals surface area contributed by atoms with Gasteiger partial charge in [-0.05, 0) is 25.1 Å². The molecule has 0 spiro atoms. The highest BCUT2D eigenvalue weighted by atomic mass is 35.5. The molecule has 1 rings (SSSR count). The second-order valence-corrected chi connectivity index (χ2v) is 3.78. The Kier molecular flexibility index (Phi) is 5.15. The van der Waals surface area contributed by atoms with Gasteiger partial charge in [0.2, 0.25) is 0 Å². The van der Waals surface area contributed by atoms with E-state index < -0.39 is 0 Å². The number of hydrogen-bond donors (Lipinski definition) is 1. The summed E-state index contributed by atoms with van der Waals surface area (Å²) in [6.07, 6.45) is 2.62. The average molecular weight is 260 g/mol. The maximum absolute atomic E-state index is 11.3. The summed E-state index contributed by atoms with van der Waals surface area (Å²) in [4.78, 5) is 11.3. The molecule has 0 atom stereocenters. The molecule has 1 amide bonds. The van der Waals surface area contributed by atoms with Gasteiger partial charge in [0.05, 0.1) is 12.9 Å². The molecule has 3 nitrogen and oxygen atoms in total. The number of benzene rings is 1. The second-order valence-electron chi connectivity index (χ2n) is 2.91. The highest BCUT2D eigenvalue weighted by Gasteiger charge is 2.00. The van der Waals surface area contributed by atoms with Gasteiger partial charge in [0.1, 0.15) is 0 Å². The van der Waals surface area contributed by atoms with Crippen LogP contribution in [0.15, 0.2) is 30.5 Å². The number of carbonyl (C=O) groups excluding carboxylic acids is 1. The van der Waals surface area contributed by atoms with Crippen molar-refractivity contribution in [2.45, 2.75) is 6.92 Å². The van der Waals surface area contributed by atoms with Crippen molar-refractivity contribution in [3.8, 4) is 0 Å². The van der Waals surface area contributed by atoms with E-state index in [0.29, 0.717) is 22.3 Å². The fourth-order valence-corrected chi connectivity index (χ4v) is 1.54. The first-order chi connectivity index (χ1) is 7.61. The van der Waals surface area contributed by atoms with Crippen LogP contribution in [-0.2, 0) is 9.53 Å². The van der Waals surface area contributed by atoms with Crippen LogP contribution in [0, 0.1) is 0 Å².